The molecule has 4 nitrogen and oxygen atoms in total. The Balaban J connectivity index is 1.70. The molecule has 2 aromatic heterocycles. The van der Waals surface area contributed by atoms with Gasteiger partial charge in [0.25, 0.3) is 0 Å². The Kier molecular flexibility index (Phi) is 3.05. The van der Waals surface area contributed by atoms with E-state index in [0.29, 0.717) is 0 Å². The van der Waals surface area contributed by atoms with Gasteiger partial charge in [-0.15, -0.1) is 0 Å². The summed E-state index contributed by atoms with van der Waals surface area (Å²) < 4.78 is 7.57. The quantitative estimate of drug-likeness (QED) is 0.720. The van der Waals surface area contributed by atoms with Crippen molar-refractivity contribution in [2.45, 2.75) is 32.8 Å². The van der Waals surface area contributed by atoms with Crippen molar-refractivity contribution in [3.05, 3.63) is 40.5 Å². The first-order valence-corrected chi connectivity index (χ1v) is 8.08. The van der Waals surface area contributed by atoms with E-state index in [4.69, 9.17) is 9.72 Å². The first kappa shape index (κ1) is 13.0. The van der Waals surface area contributed by atoms with Crippen LogP contribution in [0.1, 0.15) is 35.1 Å². The summed E-state index contributed by atoms with van der Waals surface area (Å²) >= 11 is 1.63. The van der Waals surface area contributed by atoms with Gasteiger partial charge in [-0.2, -0.15) is 5.10 Å². The summed E-state index contributed by atoms with van der Waals surface area (Å²) in [5.74, 6) is 0. The van der Waals surface area contributed by atoms with Gasteiger partial charge in [0.1, 0.15) is 11.1 Å². The first-order chi connectivity index (χ1) is 10.2. The standard InChI is InChI=1S/C16H17N3OS/c1-10-5-6-12(8-11(10)2)13-9-19-16(17-13)21-15(18-19)14-4-3-7-20-14/h5-6,8-9,14H,3-4,7H2,1-2H3. The second-order valence-corrected chi connectivity index (χ2v) is 6.58. The maximum atomic E-state index is 5.69. The third-order valence-corrected chi connectivity index (χ3v) is 5.08. The molecule has 0 saturated carbocycles. The van der Waals surface area contributed by atoms with Crippen LogP contribution in [-0.4, -0.2) is 21.2 Å². The van der Waals surface area contributed by atoms with Gasteiger partial charge in [0.05, 0.1) is 11.9 Å². The molecule has 0 radical (unpaired) electrons. The molecule has 0 aliphatic carbocycles. The van der Waals surface area contributed by atoms with E-state index in [1.54, 1.807) is 11.3 Å². The highest BCUT2D eigenvalue weighted by Crippen LogP contribution is 2.32. The number of hydrogen-bond acceptors (Lipinski definition) is 4. The van der Waals surface area contributed by atoms with Crippen molar-refractivity contribution in [1.29, 1.82) is 0 Å². The van der Waals surface area contributed by atoms with E-state index >= 15 is 0 Å². The van der Waals surface area contributed by atoms with E-state index in [9.17, 15) is 0 Å². The van der Waals surface area contributed by atoms with Crippen LogP contribution in [0.25, 0.3) is 16.2 Å². The number of benzene rings is 1. The highest BCUT2D eigenvalue weighted by Gasteiger charge is 2.22. The van der Waals surface area contributed by atoms with E-state index in [0.717, 1.165) is 40.7 Å². The molecule has 5 heteroatoms. The van der Waals surface area contributed by atoms with E-state index in [1.165, 1.54) is 11.1 Å². The predicted octanol–water partition coefficient (Wildman–Crippen LogP) is 3.93. The van der Waals surface area contributed by atoms with Crippen LogP contribution < -0.4 is 0 Å². The molecular weight excluding hydrogens is 282 g/mol. The summed E-state index contributed by atoms with van der Waals surface area (Å²) in [6, 6.07) is 6.45. The van der Waals surface area contributed by atoms with Crippen molar-refractivity contribution in [3.8, 4) is 11.3 Å². The zero-order valence-corrected chi connectivity index (χ0v) is 13.0. The van der Waals surface area contributed by atoms with Crippen LogP contribution in [0.15, 0.2) is 24.4 Å². The number of fused-ring (bicyclic) bond motifs is 1. The molecule has 3 aromatic rings. The Bertz CT molecular complexity index is 768. The van der Waals surface area contributed by atoms with Gasteiger partial charge in [-0.1, -0.05) is 23.5 Å². The number of nitrogens with zero attached hydrogens (tertiary/aromatic N) is 3. The maximum Gasteiger partial charge on any atom is 0.212 e. The minimum absolute atomic E-state index is 0.168. The van der Waals surface area contributed by atoms with Crippen molar-refractivity contribution in [2.24, 2.45) is 0 Å². The lowest BCUT2D eigenvalue weighted by atomic mass is 10.1. The normalized spacial score (nSPS) is 18.7. The number of aryl methyl sites for hydroxylation is 2. The monoisotopic (exact) mass is 299 g/mol. The van der Waals surface area contributed by atoms with Crippen molar-refractivity contribution in [3.63, 3.8) is 0 Å². The second-order valence-electron chi connectivity index (χ2n) is 5.59. The van der Waals surface area contributed by atoms with Gasteiger partial charge >= 0.3 is 0 Å². The average Bonchev–Trinajstić information content (AvgIpc) is 3.14. The van der Waals surface area contributed by atoms with Crippen LogP contribution in [0.2, 0.25) is 0 Å². The zero-order valence-electron chi connectivity index (χ0n) is 12.2. The topological polar surface area (TPSA) is 39.4 Å². The van der Waals surface area contributed by atoms with Crippen LogP contribution in [0.3, 0.4) is 0 Å². The fourth-order valence-corrected chi connectivity index (χ4v) is 3.62. The predicted molar refractivity (Wildman–Crippen MR) is 83.7 cm³/mol. The highest BCUT2D eigenvalue weighted by atomic mass is 32.1. The van der Waals surface area contributed by atoms with Crippen molar-refractivity contribution >= 4 is 16.3 Å². The highest BCUT2D eigenvalue weighted by molar-refractivity contribution is 7.16. The van der Waals surface area contributed by atoms with Crippen molar-refractivity contribution < 1.29 is 4.74 Å². The van der Waals surface area contributed by atoms with Crippen molar-refractivity contribution in [2.75, 3.05) is 6.61 Å². The minimum Gasteiger partial charge on any atom is -0.371 e. The Morgan fingerprint density at radius 3 is 2.90 bits per heavy atom. The summed E-state index contributed by atoms with van der Waals surface area (Å²) in [4.78, 5) is 5.65. The van der Waals surface area contributed by atoms with Gasteiger partial charge in [-0.3, -0.25) is 0 Å². The van der Waals surface area contributed by atoms with Crippen LogP contribution in [0.5, 0.6) is 0 Å². The lowest BCUT2D eigenvalue weighted by Gasteiger charge is -2.03. The SMILES string of the molecule is Cc1ccc(-c2cn3nc(C4CCCO4)sc3n2)cc1C. The van der Waals surface area contributed by atoms with Gasteiger partial charge in [-0.05, 0) is 43.9 Å². The Morgan fingerprint density at radius 2 is 2.19 bits per heavy atom. The molecule has 1 unspecified atom stereocenters. The van der Waals surface area contributed by atoms with E-state index in [-0.39, 0.29) is 6.10 Å². The molecule has 1 fully saturated rings. The smallest absolute Gasteiger partial charge is 0.212 e. The Hall–Kier alpha value is -1.72. The maximum absolute atomic E-state index is 5.69. The molecule has 1 aromatic carbocycles. The third-order valence-electron chi connectivity index (χ3n) is 4.07. The lowest BCUT2D eigenvalue weighted by Crippen LogP contribution is -1.95. The van der Waals surface area contributed by atoms with E-state index < -0.39 is 0 Å². The lowest BCUT2D eigenvalue weighted by molar-refractivity contribution is 0.111. The largest absolute Gasteiger partial charge is 0.371 e. The Morgan fingerprint density at radius 1 is 1.29 bits per heavy atom. The summed E-state index contributed by atoms with van der Waals surface area (Å²) in [6.45, 7) is 5.10. The molecule has 1 aliphatic rings. The van der Waals surface area contributed by atoms with E-state index in [2.05, 4.69) is 37.1 Å². The molecule has 0 spiro atoms. The van der Waals surface area contributed by atoms with Crippen LogP contribution >= 0.6 is 11.3 Å². The number of rotatable bonds is 2. The van der Waals surface area contributed by atoms with Gasteiger partial charge in [0.15, 0.2) is 0 Å². The molecule has 1 aliphatic heterocycles. The minimum atomic E-state index is 0.168. The molecule has 0 amide bonds. The molecule has 1 saturated heterocycles. The Labute approximate surface area is 127 Å². The van der Waals surface area contributed by atoms with Gasteiger partial charge in [0, 0.05) is 12.2 Å². The second kappa shape index (κ2) is 4.93. The van der Waals surface area contributed by atoms with Crippen molar-refractivity contribution in [1.82, 2.24) is 14.6 Å². The molecule has 21 heavy (non-hydrogen) atoms. The first-order valence-electron chi connectivity index (χ1n) is 7.26. The van der Waals surface area contributed by atoms with E-state index in [1.807, 2.05) is 10.7 Å². The molecule has 0 N–H and O–H groups in total. The summed E-state index contributed by atoms with van der Waals surface area (Å²) in [6.07, 6.45) is 4.37. The summed E-state index contributed by atoms with van der Waals surface area (Å²) in [5.41, 5.74) is 4.72. The molecular formula is C16H17N3OS. The van der Waals surface area contributed by atoms with Gasteiger partial charge in [0.2, 0.25) is 4.96 Å². The van der Waals surface area contributed by atoms with Gasteiger partial charge < -0.3 is 4.74 Å². The van der Waals surface area contributed by atoms with Crippen LogP contribution in [0, 0.1) is 13.8 Å². The summed E-state index contributed by atoms with van der Waals surface area (Å²) in [5, 5.41) is 5.67. The van der Waals surface area contributed by atoms with Crippen LogP contribution in [-0.2, 0) is 4.74 Å². The molecule has 108 valence electrons. The van der Waals surface area contributed by atoms with Gasteiger partial charge in [-0.25, -0.2) is 9.50 Å². The third kappa shape index (κ3) is 2.26. The zero-order chi connectivity index (χ0) is 14.4. The number of aromatic nitrogens is 3. The molecule has 1 atom stereocenters. The number of hydrogen-bond donors (Lipinski definition) is 0. The average molecular weight is 299 g/mol. The molecule has 4 rings (SSSR count). The summed E-state index contributed by atoms with van der Waals surface area (Å²) in [7, 11) is 0. The molecule has 0 bridgehead atoms. The van der Waals surface area contributed by atoms with Crippen LogP contribution in [0.4, 0.5) is 0 Å². The number of imidazole rings is 1. The number of ether oxygens (including phenoxy) is 1. The molecule has 3 heterocycles. The fraction of sp³-hybridized carbons (Fsp3) is 0.375. The fourth-order valence-electron chi connectivity index (χ4n) is 2.66.